The van der Waals surface area contributed by atoms with Crippen molar-refractivity contribution in [1.29, 1.82) is 0 Å². The molecule has 10 heavy (non-hydrogen) atoms. The highest BCUT2D eigenvalue weighted by Crippen LogP contribution is 2.33. The molecule has 1 aliphatic rings. The van der Waals surface area contributed by atoms with Crippen LogP contribution in [0.5, 0.6) is 0 Å². The van der Waals surface area contributed by atoms with Crippen LogP contribution in [-0.2, 0) is 0 Å². The number of aliphatic hydroxyl groups is 1. The van der Waals surface area contributed by atoms with Gasteiger partial charge in [-0.1, -0.05) is 13.8 Å². The van der Waals surface area contributed by atoms with E-state index in [-0.39, 0.29) is 12.1 Å². The van der Waals surface area contributed by atoms with Gasteiger partial charge in [0.15, 0.2) is 0 Å². The van der Waals surface area contributed by atoms with Crippen LogP contribution < -0.4 is 5.32 Å². The lowest BCUT2D eigenvalue weighted by Crippen LogP contribution is -2.39. The molecular formula is C8H17NO. The van der Waals surface area contributed by atoms with Gasteiger partial charge in [-0.25, -0.2) is 0 Å². The van der Waals surface area contributed by atoms with Crippen molar-refractivity contribution in [2.24, 2.45) is 5.41 Å². The van der Waals surface area contributed by atoms with E-state index >= 15 is 0 Å². The van der Waals surface area contributed by atoms with Crippen LogP contribution in [0.25, 0.3) is 0 Å². The average Bonchev–Trinajstić information content (AvgIpc) is 2.08. The third kappa shape index (κ3) is 1.50. The minimum atomic E-state index is -0.0243. The molecule has 0 aromatic heterocycles. The third-order valence-corrected chi connectivity index (χ3v) is 2.21. The average molecular weight is 143 g/mol. The molecule has 1 heterocycles. The Morgan fingerprint density at radius 3 is 2.20 bits per heavy atom. The quantitative estimate of drug-likeness (QED) is 0.568. The van der Waals surface area contributed by atoms with E-state index in [1.165, 1.54) is 0 Å². The molecule has 0 aliphatic carbocycles. The fourth-order valence-electron chi connectivity index (χ4n) is 1.75. The monoisotopic (exact) mass is 143 g/mol. The van der Waals surface area contributed by atoms with Gasteiger partial charge in [-0.05, 0) is 18.8 Å². The Bertz CT molecular complexity index is 133. The van der Waals surface area contributed by atoms with Crippen molar-refractivity contribution in [1.82, 2.24) is 5.32 Å². The first kappa shape index (κ1) is 8.02. The van der Waals surface area contributed by atoms with Gasteiger partial charge in [-0.3, -0.25) is 0 Å². The van der Waals surface area contributed by atoms with Crippen LogP contribution in [0, 0.1) is 5.41 Å². The van der Waals surface area contributed by atoms with Crippen LogP contribution in [0.2, 0.25) is 0 Å². The van der Waals surface area contributed by atoms with E-state index in [1.807, 2.05) is 0 Å². The third-order valence-electron chi connectivity index (χ3n) is 2.21. The Morgan fingerprint density at radius 2 is 2.00 bits per heavy atom. The zero-order valence-corrected chi connectivity index (χ0v) is 7.07. The van der Waals surface area contributed by atoms with Crippen LogP contribution in [0.1, 0.15) is 27.2 Å². The molecule has 1 aliphatic heterocycles. The highest BCUT2D eigenvalue weighted by molar-refractivity contribution is 4.96. The van der Waals surface area contributed by atoms with E-state index in [0.717, 1.165) is 13.0 Å². The molecule has 0 unspecified atom stereocenters. The van der Waals surface area contributed by atoms with E-state index in [4.69, 9.17) is 5.11 Å². The van der Waals surface area contributed by atoms with Gasteiger partial charge in [0.25, 0.3) is 0 Å². The van der Waals surface area contributed by atoms with Gasteiger partial charge in [0.2, 0.25) is 0 Å². The van der Waals surface area contributed by atoms with Crippen molar-refractivity contribution in [2.45, 2.75) is 32.7 Å². The summed E-state index contributed by atoms with van der Waals surface area (Å²) in [5.74, 6) is 0. The van der Waals surface area contributed by atoms with E-state index in [0.29, 0.717) is 5.41 Å². The number of aliphatic hydroxyl groups excluding tert-OH is 1. The highest BCUT2D eigenvalue weighted by Gasteiger charge is 2.38. The van der Waals surface area contributed by atoms with Crippen molar-refractivity contribution in [3.8, 4) is 0 Å². The van der Waals surface area contributed by atoms with Crippen LogP contribution in [-0.4, -0.2) is 23.8 Å². The molecule has 1 fully saturated rings. The number of rotatable bonds is 1. The fourth-order valence-corrected chi connectivity index (χ4v) is 1.75. The van der Waals surface area contributed by atoms with Gasteiger partial charge < -0.3 is 10.4 Å². The summed E-state index contributed by atoms with van der Waals surface area (Å²) >= 11 is 0. The second-order valence-corrected chi connectivity index (χ2v) is 4.41. The molecule has 0 radical (unpaired) electrons. The Morgan fingerprint density at radius 1 is 1.40 bits per heavy atom. The summed E-state index contributed by atoms with van der Waals surface area (Å²) in [7, 11) is 0. The summed E-state index contributed by atoms with van der Waals surface area (Å²) in [4.78, 5) is 0. The predicted molar refractivity (Wildman–Crippen MR) is 41.9 cm³/mol. The molecule has 2 nitrogen and oxygen atoms in total. The Labute approximate surface area is 62.6 Å². The lowest BCUT2D eigenvalue weighted by Gasteiger charge is -2.22. The van der Waals surface area contributed by atoms with E-state index in [9.17, 15) is 0 Å². The first-order chi connectivity index (χ1) is 4.47. The molecule has 0 saturated carbocycles. The zero-order chi connectivity index (χ0) is 7.83. The standard InChI is InChI=1S/C8H17NO/c1-7(2)4-8(3,6-10)9-5-7/h9-10H,4-6H2,1-3H3/t8-/m1/s1. The summed E-state index contributed by atoms with van der Waals surface area (Å²) < 4.78 is 0. The van der Waals surface area contributed by atoms with E-state index in [1.54, 1.807) is 0 Å². The summed E-state index contributed by atoms with van der Waals surface area (Å²) in [5.41, 5.74) is 0.334. The minimum Gasteiger partial charge on any atom is -0.394 e. The van der Waals surface area contributed by atoms with Crippen LogP contribution >= 0.6 is 0 Å². The van der Waals surface area contributed by atoms with Gasteiger partial charge in [0, 0.05) is 12.1 Å². The minimum absolute atomic E-state index is 0.0243. The molecule has 60 valence electrons. The van der Waals surface area contributed by atoms with Gasteiger partial charge in [0.1, 0.15) is 0 Å². The molecule has 0 amide bonds. The Balaban J connectivity index is 2.57. The van der Waals surface area contributed by atoms with Gasteiger partial charge in [-0.15, -0.1) is 0 Å². The summed E-state index contributed by atoms with van der Waals surface area (Å²) in [6.07, 6.45) is 1.07. The maximum atomic E-state index is 9.00. The Hall–Kier alpha value is -0.0800. The Kier molecular flexibility index (Phi) is 1.77. The summed E-state index contributed by atoms with van der Waals surface area (Å²) in [5, 5.41) is 12.3. The van der Waals surface area contributed by atoms with Crippen molar-refractivity contribution in [2.75, 3.05) is 13.2 Å². The maximum Gasteiger partial charge on any atom is 0.0610 e. The fraction of sp³-hybridized carbons (Fsp3) is 1.00. The normalized spacial score (nSPS) is 38.4. The molecule has 2 N–H and O–H groups in total. The SMILES string of the molecule is CC1(C)CN[C@@](C)(CO)C1. The molecule has 0 aromatic carbocycles. The van der Waals surface area contributed by atoms with E-state index < -0.39 is 0 Å². The van der Waals surface area contributed by atoms with Crippen molar-refractivity contribution in [3.05, 3.63) is 0 Å². The second-order valence-electron chi connectivity index (χ2n) is 4.41. The largest absolute Gasteiger partial charge is 0.394 e. The molecule has 2 heteroatoms. The molecule has 1 rings (SSSR count). The lowest BCUT2D eigenvalue weighted by atomic mass is 9.85. The number of hydrogen-bond acceptors (Lipinski definition) is 2. The first-order valence-electron chi connectivity index (χ1n) is 3.83. The van der Waals surface area contributed by atoms with E-state index in [2.05, 4.69) is 26.1 Å². The van der Waals surface area contributed by atoms with Crippen LogP contribution in [0.15, 0.2) is 0 Å². The maximum absolute atomic E-state index is 9.00. The summed E-state index contributed by atoms with van der Waals surface area (Å²) in [6, 6.07) is 0. The lowest BCUT2D eigenvalue weighted by molar-refractivity contribution is 0.183. The molecular weight excluding hydrogens is 126 g/mol. The number of hydrogen-bond donors (Lipinski definition) is 2. The molecule has 0 aromatic rings. The highest BCUT2D eigenvalue weighted by atomic mass is 16.3. The van der Waals surface area contributed by atoms with Crippen molar-refractivity contribution < 1.29 is 5.11 Å². The van der Waals surface area contributed by atoms with Crippen LogP contribution in [0.4, 0.5) is 0 Å². The van der Waals surface area contributed by atoms with Crippen molar-refractivity contribution >= 4 is 0 Å². The van der Waals surface area contributed by atoms with Crippen LogP contribution in [0.3, 0.4) is 0 Å². The second kappa shape index (κ2) is 2.21. The number of nitrogens with one attached hydrogen (secondary N) is 1. The van der Waals surface area contributed by atoms with Gasteiger partial charge in [-0.2, -0.15) is 0 Å². The topological polar surface area (TPSA) is 32.3 Å². The van der Waals surface area contributed by atoms with Crippen molar-refractivity contribution in [3.63, 3.8) is 0 Å². The van der Waals surface area contributed by atoms with Gasteiger partial charge >= 0.3 is 0 Å². The smallest absolute Gasteiger partial charge is 0.0610 e. The van der Waals surface area contributed by atoms with Gasteiger partial charge in [0.05, 0.1) is 6.61 Å². The first-order valence-corrected chi connectivity index (χ1v) is 3.83. The molecule has 0 bridgehead atoms. The summed E-state index contributed by atoms with van der Waals surface area (Å²) in [6.45, 7) is 7.78. The molecule has 1 atom stereocenters. The zero-order valence-electron chi connectivity index (χ0n) is 7.07. The molecule has 0 spiro atoms. The predicted octanol–water partition coefficient (Wildman–Crippen LogP) is 0.757. The molecule has 1 saturated heterocycles.